The number of ether oxygens (including phenoxy) is 2. The Bertz CT molecular complexity index is 839. The van der Waals surface area contributed by atoms with Crippen LogP contribution in [-0.2, 0) is 9.59 Å². The Hall–Kier alpha value is -2.93. The lowest BCUT2D eigenvalue weighted by molar-refractivity contribution is -0.124. The molecule has 136 valence electrons. The van der Waals surface area contributed by atoms with Crippen LogP contribution in [0.1, 0.15) is 6.92 Å². The predicted octanol–water partition coefficient (Wildman–Crippen LogP) is 4.02. The lowest BCUT2D eigenvalue weighted by Crippen LogP contribution is -2.37. The molecule has 0 spiro atoms. The summed E-state index contributed by atoms with van der Waals surface area (Å²) in [5.41, 5.74) is 0.781. The van der Waals surface area contributed by atoms with E-state index in [0.29, 0.717) is 27.9 Å². The molecule has 2 aromatic carbocycles. The molecular weight excluding hydrogens is 358 g/mol. The van der Waals surface area contributed by atoms with Gasteiger partial charge in [-0.1, -0.05) is 23.7 Å². The Morgan fingerprint density at radius 2 is 1.77 bits per heavy atom. The van der Waals surface area contributed by atoms with Crippen LogP contribution in [0.25, 0.3) is 0 Å². The number of nitrogens with zero attached hydrogens (tertiary/aromatic N) is 3. The van der Waals surface area contributed by atoms with Gasteiger partial charge < -0.3 is 9.47 Å². The molecule has 0 bridgehead atoms. The van der Waals surface area contributed by atoms with Crippen LogP contribution in [-0.4, -0.2) is 32.6 Å². The molecule has 26 heavy (non-hydrogen) atoms. The van der Waals surface area contributed by atoms with Crippen molar-refractivity contribution >= 4 is 34.8 Å². The molecule has 0 atom stereocenters. The number of para-hydroxylation sites is 2. The molecule has 7 nitrogen and oxygen atoms in total. The largest absolute Gasteiger partial charge is 0.495 e. The second kappa shape index (κ2) is 8.96. The highest BCUT2D eigenvalue weighted by molar-refractivity contribution is 6.30. The highest BCUT2D eigenvalue weighted by Crippen LogP contribution is 2.31. The average Bonchev–Trinajstić information content (AvgIpc) is 2.63. The molecule has 2 rings (SSSR count). The smallest absolute Gasteiger partial charge is 0.257 e. The third kappa shape index (κ3) is 4.58. The lowest BCUT2D eigenvalue weighted by Gasteiger charge is -2.20. The normalized spacial score (nSPS) is 10.6. The Balaban J connectivity index is 2.20. The van der Waals surface area contributed by atoms with Crippen LogP contribution in [0, 0.1) is 0 Å². The quantitative estimate of drug-likeness (QED) is 0.714. The van der Waals surface area contributed by atoms with Gasteiger partial charge in [0, 0.05) is 18.0 Å². The minimum atomic E-state index is -0.529. The average molecular weight is 376 g/mol. The summed E-state index contributed by atoms with van der Waals surface area (Å²) in [6.45, 7) is 0.979. The van der Waals surface area contributed by atoms with Gasteiger partial charge >= 0.3 is 0 Å². The van der Waals surface area contributed by atoms with Gasteiger partial charge in [0.2, 0.25) is 5.91 Å². The second-order valence-corrected chi connectivity index (χ2v) is 5.57. The van der Waals surface area contributed by atoms with Gasteiger partial charge in [-0.15, -0.1) is 0 Å². The van der Waals surface area contributed by atoms with Gasteiger partial charge in [0.1, 0.15) is 23.7 Å². The Kier molecular flexibility index (Phi) is 6.68. The number of methoxy groups -OCH3 is 2. The fourth-order valence-electron chi connectivity index (χ4n) is 2.27. The number of rotatable bonds is 6. The van der Waals surface area contributed by atoms with Crippen LogP contribution in [0.15, 0.2) is 52.7 Å². The molecule has 0 fully saturated rings. The van der Waals surface area contributed by atoms with E-state index >= 15 is 0 Å². The first-order valence-corrected chi connectivity index (χ1v) is 8.03. The third-order valence-electron chi connectivity index (χ3n) is 3.42. The van der Waals surface area contributed by atoms with Crippen molar-refractivity contribution in [1.29, 1.82) is 0 Å². The maximum absolute atomic E-state index is 12.5. The van der Waals surface area contributed by atoms with Crippen LogP contribution in [0.4, 0.5) is 11.4 Å². The fourth-order valence-corrected chi connectivity index (χ4v) is 2.43. The summed E-state index contributed by atoms with van der Waals surface area (Å²) in [6.07, 6.45) is 0. The van der Waals surface area contributed by atoms with Crippen molar-refractivity contribution in [2.75, 3.05) is 25.7 Å². The molecule has 0 N–H and O–H groups in total. The molecule has 0 aliphatic rings. The first kappa shape index (κ1) is 19.4. The molecule has 2 amide bonds. The van der Waals surface area contributed by atoms with E-state index in [1.807, 2.05) is 0 Å². The molecule has 2 aromatic rings. The van der Waals surface area contributed by atoms with Crippen molar-refractivity contribution in [2.24, 2.45) is 10.2 Å². The molecule has 0 aliphatic heterocycles. The first-order chi connectivity index (χ1) is 12.5. The standard InChI is InChI=1S/C18H18ClN3O4/c1-12(23)22(15-6-4-5-7-16(15)25-2)18(24)11-20-21-14-9-8-13(19)10-17(14)26-3/h4-10H,11H2,1-3H3. The summed E-state index contributed by atoms with van der Waals surface area (Å²) < 4.78 is 10.4. The maximum Gasteiger partial charge on any atom is 0.257 e. The van der Waals surface area contributed by atoms with Gasteiger partial charge in [0.15, 0.2) is 0 Å². The molecule has 0 heterocycles. The highest BCUT2D eigenvalue weighted by Gasteiger charge is 2.23. The van der Waals surface area contributed by atoms with Crippen molar-refractivity contribution in [2.45, 2.75) is 6.92 Å². The van der Waals surface area contributed by atoms with E-state index in [1.54, 1.807) is 42.5 Å². The zero-order chi connectivity index (χ0) is 19.1. The predicted molar refractivity (Wildman–Crippen MR) is 98.5 cm³/mol. The van der Waals surface area contributed by atoms with Crippen LogP contribution >= 0.6 is 11.6 Å². The van der Waals surface area contributed by atoms with Crippen molar-refractivity contribution in [1.82, 2.24) is 0 Å². The number of anilines is 1. The van der Waals surface area contributed by atoms with Gasteiger partial charge in [-0.05, 0) is 24.3 Å². The minimum absolute atomic E-state index is 0.316. The van der Waals surface area contributed by atoms with E-state index in [-0.39, 0.29) is 6.54 Å². The van der Waals surface area contributed by atoms with Gasteiger partial charge in [0.05, 0.1) is 19.9 Å². The number of halogens is 1. The summed E-state index contributed by atoms with van der Waals surface area (Å²) in [5.74, 6) is -0.133. The number of carbonyl (C=O) groups is 2. The SMILES string of the molecule is COc1cc(Cl)ccc1N=NCC(=O)N(C(C)=O)c1ccccc1OC. The molecule has 0 radical (unpaired) electrons. The van der Waals surface area contributed by atoms with Gasteiger partial charge in [-0.3, -0.25) is 9.59 Å². The van der Waals surface area contributed by atoms with E-state index in [0.717, 1.165) is 4.90 Å². The summed E-state index contributed by atoms with van der Waals surface area (Å²) >= 11 is 5.89. The van der Waals surface area contributed by atoms with Gasteiger partial charge in [-0.2, -0.15) is 10.2 Å². The minimum Gasteiger partial charge on any atom is -0.495 e. The molecule has 0 saturated heterocycles. The number of carbonyl (C=O) groups excluding carboxylic acids is 2. The van der Waals surface area contributed by atoms with E-state index in [9.17, 15) is 9.59 Å². The zero-order valence-corrected chi connectivity index (χ0v) is 15.4. The van der Waals surface area contributed by atoms with Crippen molar-refractivity contribution in [3.8, 4) is 11.5 Å². The molecule has 0 saturated carbocycles. The van der Waals surface area contributed by atoms with E-state index < -0.39 is 11.8 Å². The lowest BCUT2D eigenvalue weighted by atomic mass is 10.2. The van der Waals surface area contributed by atoms with Gasteiger partial charge in [-0.25, -0.2) is 4.90 Å². The second-order valence-electron chi connectivity index (χ2n) is 5.14. The number of amides is 2. The number of hydrogen-bond acceptors (Lipinski definition) is 6. The topological polar surface area (TPSA) is 80.6 Å². The monoisotopic (exact) mass is 375 g/mol. The Labute approximate surface area is 156 Å². The molecule has 0 unspecified atom stereocenters. The Morgan fingerprint density at radius 1 is 1.08 bits per heavy atom. The summed E-state index contributed by atoms with van der Waals surface area (Å²) in [4.78, 5) is 25.5. The molecule has 0 aliphatic carbocycles. The number of benzene rings is 2. The maximum atomic E-state index is 12.5. The van der Waals surface area contributed by atoms with E-state index in [1.165, 1.54) is 21.1 Å². The van der Waals surface area contributed by atoms with Crippen molar-refractivity contribution in [3.63, 3.8) is 0 Å². The van der Waals surface area contributed by atoms with Crippen LogP contribution in [0.2, 0.25) is 5.02 Å². The number of imide groups is 1. The van der Waals surface area contributed by atoms with Crippen LogP contribution < -0.4 is 14.4 Å². The Morgan fingerprint density at radius 3 is 2.42 bits per heavy atom. The third-order valence-corrected chi connectivity index (χ3v) is 3.65. The summed E-state index contributed by atoms with van der Waals surface area (Å²) in [6, 6.07) is 11.6. The molecular formula is C18H18ClN3O4. The van der Waals surface area contributed by atoms with Crippen molar-refractivity contribution in [3.05, 3.63) is 47.5 Å². The zero-order valence-electron chi connectivity index (χ0n) is 14.6. The van der Waals surface area contributed by atoms with Crippen LogP contribution in [0.5, 0.6) is 11.5 Å². The summed E-state index contributed by atoms with van der Waals surface area (Å²) in [5, 5.41) is 8.37. The van der Waals surface area contributed by atoms with Crippen LogP contribution in [0.3, 0.4) is 0 Å². The van der Waals surface area contributed by atoms with Crippen molar-refractivity contribution < 1.29 is 19.1 Å². The van der Waals surface area contributed by atoms with E-state index in [4.69, 9.17) is 21.1 Å². The van der Waals surface area contributed by atoms with E-state index in [2.05, 4.69) is 10.2 Å². The van der Waals surface area contributed by atoms with Gasteiger partial charge in [0.25, 0.3) is 5.91 Å². The number of hydrogen-bond donors (Lipinski definition) is 0. The number of azo groups is 1. The fraction of sp³-hybridized carbons (Fsp3) is 0.222. The molecule has 8 heteroatoms. The summed E-state index contributed by atoms with van der Waals surface area (Å²) in [7, 11) is 2.95. The highest BCUT2D eigenvalue weighted by atomic mass is 35.5. The first-order valence-electron chi connectivity index (χ1n) is 7.65. The molecule has 0 aromatic heterocycles.